The summed E-state index contributed by atoms with van der Waals surface area (Å²) >= 11 is 0. The van der Waals surface area contributed by atoms with Crippen LogP contribution in [0.3, 0.4) is 0 Å². The van der Waals surface area contributed by atoms with Gasteiger partial charge in [0, 0.05) is 30.7 Å². The molecule has 0 atom stereocenters. The number of fused-ring (bicyclic) bond motifs is 1. The molecule has 0 saturated heterocycles. The molecular formula is C17H18FN5O. The number of pyridine rings is 1. The lowest BCUT2D eigenvalue weighted by Crippen LogP contribution is -2.11. The Morgan fingerprint density at radius 1 is 1.08 bits per heavy atom. The molecule has 6 nitrogen and oxygen atoms in total. The van der Waals surface area contributed by atoms with Crippen molar-refractivity contribution in [2.24, 2.45) is 0 Å². The van der Waals surface area contributed by atoms with E-state index in [9.17, 15) is 4.39 Å². The SMILES string of the molecule is COc1cc2c(NCCCNc3ccccn3)ncnc2cc1F. The molecule has 3 rings (SSSR count). The van der Waals surface area contributed by atoms with Crippen molar-refractivity contribution >= 4 is 22.5 Å². The zero-order valence-electron chi connectivity index (χ0n) is 13.3. The first-order valence-corrected chi connectivity index (χ1v) is 7.65. The zero-order valence-corrected chi connectivity index (χ0v) is 13.3. The van der Waals surface area contributed by atoms with Crippen LogP contribution in [0.25, 0.3) is 10.9 Å². The molecule has 3 aromatic rings. The lowest BCUT2D eigenvalue weighted by Gasteiger charge is -2.10. The van der Waals surface area contributed by atoms with E-state index in [0.29, 0.717) is 17.9 Å². The minimum Gasteiger partial charge on any atom is -0.494 e. The lowest BCUT2D eigenvalue weighted by atomic mass is 10.2. The summed E-state index contributed by atoms with van der Waals surface area (Å²) in [4.78, 5) is 12.5. The minimum absolute atomic E-state index is 0.178. The summed E-state index contributed by atoms with van der Waals surface area (Å²) in [6.07, 6.45) is 4.04. The fourth-order valence-corrected chi connectivity index (χ4v) is 2.33. The third-order valence-electron chi connectivity index (χ3n) is 3.53. The summed E-state index contributed by atoms with van der Waals surface area (Å²) in [7, 11) is 1.43. The van der Waals surface area contributed by atoms with Gasteiger partial charge in [-0.15, -0.1) is 0 Å². The second kappa shape index (κ2) is 7.54. The third kappa shape index (κ3) is 3.68. The summed E-state index contributed by atoms with van der Waals surface area (Å²) in [6.45, 7) is 1.50. The molecule has 124 valence electrons. The lowest BCUT2D eigenvalue weighted by molar-refractivity contribution is 0.387. The topological polar surface area (TPSA) is 72.0 Å². The van der Waals surface area contributed by atoms with Gasteiger partial charge in [0.1, 0.15) is 18.0 Å². The van der Waals surface area contributed by atoms with Crippen molar-refractivity contribution in [3.8, 4) is 5.75 Å². The van der Waals surface area contributed by atoms with E-state index in [-0.39, 0.29) is 5.75 Å². The molecule has 0 radical (unpaired) electrons. The summed E-state index contributed by atoms with van der Waals surface area (Å²) in [5.74, 6) is 1.26. The van der Waals surface area contributed by atoms with E-state index in [4.69, 9.17) is 4.74 Å². The molecule has 2 aromatic heterocycles. The maximum Gasteiger partial charge on any atom is 0.167 e. The molecule has 0 bridgehead atoms. The smallest absolute Gasteiger partial charge is 0.167 e. The maximum absolute atomic E-state index is 13.7. The van der Waals surface area contributed by atoms with Crippen LogP contribution in [0.2, 0.25) is 0 Å². The van der Waals surface area contributed by atoms with Crippen molar-refractivity contribution in [2.75, 3.05) is 30.8 Å². The molecule has 7 heteroatoms. The second-order valence-electron chi connectivity index (χ2n) is 5.15. The molecule has 0 aliphatic rings. The Bertz CT molecular complexity index is 813. The van der Waals surface area contributed by atoms with Crippen LogP contribution in [-0.4, -0.2) is 35.2 Å². The number of aromatic nitrogens is 3. The second-order valence-corrected chi connectivity index (χ2v) is 5.15. The molecule has 0 spiro atoms. The summed E-state index contributed by atoms with van der Waals surface area (Å²) in [5, 5.41) is 7.23. The van der Waals surface area contributed by atoms with Gasteiger partial charge >= 0.3 is 0 Å². The van der Waals surface area contributed by atoms with Crippen LogP contribution in [0.5, 0.6) is 5.75 Å². The monoisotopic (exact) mass is 327 g/mol. The van der Waals surface area contributed by atoms with Crippen LogP contribution in [0.4, 0.5) is 16.0 Å². The molecule has 0 aliphatic heterocycles. The number of ether oxygens (including phenoxy) is 1. The van der Waals surface area contributed by atoms with Crippen LogP contribution >= 0.6 is 0 Å². The van der Waals surface area contributed by atoms with Gasteiger partial charge in [0.15, 0.2) is 11.6 Å². The average Bonchev–Trinajstić information content (AvgIpc) is 2.61. The first kappa shape index (κ1) is 15.9. The third-order valence-corrected chi connectivity index (χ3v) is 3.53. The predicted molar refractivity (Wildman–Crippen MR) is 91.9 cm³/mol. The molecule has 0 saturated carbocycles. The first-order valence-electron chi connectivity index (χ1n) is 7.65. The zero-order chi connectivity index (χ0) is 16.8. The summed E-state index contributed by atoms with van der Waals surface area (Å²) in [6, 6.07) is 8.70. The van der Waals surface area contributed by atoms with Crippen LogP contribution < -0.4 is 15.4 Å². The van der Waals surface area contributed by atoms with Gasteiger partial charge in [-0.1, -0.05) is 6.07 Å². The van der Waals surface area contributed by atoms with E-state index in [1.807, 2.05) is 18.2 Å². The van der Waals surface area contributed by atoms with Gasteiger partial charge in [0.05, 0.1) is 12.6 Å². The Labute approximate surface area is 139 Å². The van der Waals surface area contributed by atoms with Gasteiger partial charge in [-0.2, -0.15) is 0 Å². The highest BCUT2D eigenvalue weighted by molar-refractivity contribution is 5.90. The molecule has 0 amide bonds. The summed E-state index contributed by atoms with van der Waals surface area (Å²) < 4.78 is 18.8. The van der Waals surface area contributed by atoms with E-state index in [0.717, 1.165) is 24.2 Å². The highest BCUT2D eigenvalue weighted by Gasteiger charge is 2.09. The molecule has 1 aromatic carbocycles. The number of nitrogens with one attached hydrogen (secondary N) is 2. The van der Waals surface area contributed by atoms with Crippen LogP contribution in [-0.2, 0) is 0 Å². The quantitative estimate of drug-likeness (QED) is 0.650. The number of methoxy groups -OCH3 is 1. The van der Waals surface area contributed by atoms with Gasteiger partial charge in [0.25, 0.3) is 0 Å². The van der Waals surface area contributed by atoms with Gasteiger partial charge in [-0.3, -0.25) is 0 Å². The number of benzene rings is 1. The molecule has 0 aliphatic carbocycles. The fourth-order valence-electron chi connectivity index (χ4n) is 2.33. The normalized spacial score (nSPS) is 10.6. The molecule has 0 fully saturated rings. The van der Waals surface area contributed by atoms with Gasteiger partial charge in [0.2, 0.25) is 0 Å². The van der Waals surface area contributed by atoms with Crippen molar-refractivity contribution in [3.05, 3.63) is 48.7 Å². The van der Waals surface area contributed by atoms with Crippen molar-refractivity contribution in [1.29, 1.82) is 0 Å². The summed E-state index contributed by atoms with van der Waals surface area (Å²) in [5.41, 5.74) is 0.539. The number of rotatable bonds is 7. The largest absolute Gasteiger partial charge is 0.494 e. The van der Waals surface area contributed by atoms with Crippen molar-refractivity contribution in [2.45, 2.75) is 6.42 Å². The Morgan fingerprint density at radius 2 is 1.96 bits per heavy atom. The Kier molecular flexibility index (Phi) is 5.00. The van der Waals surface area contributed by atoms with Crippen molar-refractivity contribution in [1.82, 2.24) is 15.0 Å². The average molecular weight is 327 g/mol. The first-order chi connectivity index (χ1) is 11.8. The highest BCUT2D eigenvalue weighted by atomic mass is 19.1. The van der Waals surface area contributed by atoms with E-state index < -0.39 is 5.82 Å². The molecule has 0 unspecified atom stereocenters. The number of halogens is 1. The minimum atomic E-state index is -0.436. The number of anilines is 2. The van der Waals surface area contributed by atoms with Crippen LogP contribution in [0.1, 0.15) is 6.42 Å². The molecule has 2 heterocycles. The van der Waals surface area contributed by atoms with Gasteiger partial charge < -0.3 is 15.4 Å². The van der Waals surface area contributed by atoms with Crippen LogP contribution in [0, 0.1) is 5.82 Å². The fraction of sp³-hybridized carbons (Fsp3) is 0.235. The molecule has 24 heavy (non-hydrogen) atoms. The van der Waals surface area contributed by atoms with E-state index >= 15 is 0 Å². The Hall–Kier alpha value is -2.96. The van der Waals surface area contributed by atoms with E-state index in [1.54, 1.807) is 12.3 Å². The highest BCUT2D eigenvalue weighted by Crippen LogP contribution is 2.27. The molecule has 2 N–H and O–H groups in total. The molecular weight excluding hydrogens is 309 g/mol. The Morgan fingerprint density at radius 3 is 2.75 bits per heavy atom. The number of hydrogen-bond donors (Lipinski definition) is 2. The van der Waals surface area contributed by atoms with E-state index in [1.165, 1.54) is 19.5 Å². The van der Waals surface area contributed by atoms with Crippen LogP contribution in [0.15, 0.2) is 42.9 Å². The Balaban J connectivity index is 1.61. The predicted octanol–water partition coefficient (Wildman–Crippen LogP) is 3.09. The number of hydrogen-bond acceptors (Lipinski definition) is 6. The number of nitrogens with zero attached hydrogens (tertiary/aromatic N) is 3. The van der Waals surface area contributed by atoms with Crippen molar-refractivity contribution in [3.63, 3.8) is 0 Å². The van der Waals surface area contributed by atoms with E-state index in [2.05, 4.69) is 25.6 Å². The standard InChI is InChI=1S/C17H18FN5O/c1-24-15-9-12-14(10-13(15)18)22-11-23-17(12)21-8-4-7-20-16-5-2-3-6-19-16/h2-3,5-6,9-11H,4,7-8H2,1H3,(H,19,20)(H,21,22,23). The maximum atomic E-state index is 13.7. The van der Waals surface area contributed by atoms with Gasteiger partial charge in [-0.25, -0.2) is 19.3 Å². The van der Waals surface area contributed by atoms with Crippen molar-refractivity contribution < 1.29 is 9.13 Å². The van der Waals surface area contributed by atoms with Gasteiger partial charge in [-0.05, 0) is 24.6 Å².